The van der Waals surface area contributed by atoms with Crippen molar-refractivity contribution in [3.63, 3.8) is 0 Å². The predicted molar refractivity (Wildman–Crippen MR) is 78.2 cm³/mol. The number of hydrogen-bond donors (Lipinski definition) is 1. The third-order valence-corrected chi connectivity index (χ3v) is 3.92. The number of piperidine rings is 1. The fourth-order valence-electron chi connectivity index (χ4n) is 2.77. The number of carbonyl (C=O) groups excluding carboxylic acids is 1. The molecule has 1 rings (SSSR count). The van der Waals surface area contributed by atoms with Gasteiger partial charge >= 0.3 is 0 Å². The summed E-state index contributed by atoms with van der Waals surface area (Å²) in [4.78, 5) is 14.3. The average Bonchev–Trinajstić information content (AvgIpc) is 2.38. The molecule has 0 aliphatic carbocycles. The molecular formula is C15H30N2O2. The maximum atomic E-state index is 12.3. The number of hydrogen-bond acceptors (Lipinski definition) is 3. The molecule has 4 nitrogen and oxygen atoms in total. The zero-order chi connectivity index (χ0) is 14.5. The van der Waals surface area contributed by atoms with Crippen molar-refractivity contribution in [2.24, 2.45) is 0 Å². The summed E-state index contributed by atoms with van der Waals surface area (Å²) in [6.07, 6.45) is 4.43. The third-order valence-electron chi connectivity index (χ3n) is 3.92. The topological polar surface area (TPSA) is 41.6 Å². The smallest absolute Gasteiger partial charge is 0.239 e. The van der Waals surface area contributed by atoms with Crippen molar-refractivity contribution in [1.29, 1.82) is 0 Å². The van der Waals surface area contributed by atoms with E-state index in [4.69, 9.17) is 4.74 Å². The Morgan fingerprint density at radius 3 is 2.37 bits per heavy atom. The summed E-state index contributed by atoms with van der Waals surface area (Å²) in [7, 11) is 1.73. The standard InChI is InChI=1S/C15H30N2O2/c1-12(11-15(3,4)19-5)16-13(2)14(18)17-9-7-6-8-10-17/h12-13,16H,6-11H2,1-5H3. The van der Waals surface area contributed by atoms with Crippen LogP contribution >= 0.6 is 0 Å². The van der Waals surface area contributed by atoms with E-state index in [-0.39, 0.29) is 23.6 Å². The van der Waals surface area contributed by atoms with Gasteiger partial charge in [-0.15, -0.1) is 0 Å². The van der Waals surface area contributed by atoms with Crippen molar-refractivity contribution >= 4 is 5.91 Å². The van der Waals surface area contributed by atoms with Crippen LogP contribution in [0.2, 0.25) is 0 Å². The second-order valence-electron chi connectivity index (χ2n) is 6.34. The Kier molecular flexibility index (Phi) is 6.27. The van der Waals surface area contributed by atoms with Gasteiger partial charge in [0.25, 0.3) is 0 Å². The Labute approximate surface area is 117 Å². The van der Waals surface area contributed by atoms with Crippen molar-refractivity contribution in [2.45, 2.75) is 71.1 Å². The van der Waals surface area contributed by atoms with Gasteiger partial charge in [0.2, 0.25) is 5.91 Å². The molecule has 4 heteroatoms. The van der Waals surface area contributed by atoms with Crippen molar-refractivity contribution in [2.75, 3.05) is 20.2 Å². The number of rotatable bonds is 6. The lowest BCUT2D eigenvalue weighted by Crippen LogP contribution is -2.50. The number of carbonyl (C=O) groups is 1. The van der Waals surface area contributed by atoms with Gasteiger partial charge in [-0.25, -0.2) is 0 Å². The normalized spacial score (nSPS) is 20.2. The van der Waals surface area contributed by atoms with Crippen LogP contribution in [0.15, 0.2) is 0 Å². The number of likely N-dealkylation sites (tertiary alicyclic amines) is 1. The van der Waals surface area contributed by atoms with Crippen LogP contribution in [0.1, 0.15) is 53.4 Å². The largest absolute Gasteiger partial charge is 0.379 e. The summed E-state index contributed by atoms with van der Waals surface area (Å²) < 4.78 is 5.43. The van der Waals surface area contributed by atoms with Gasteiger partial charge in [-0.05, 0) is 53.4 Å². The van der Waals surface area contributed by atoms with Gasteiger partial charge in [-0.2, -0.15) is 0 Å². The molecule has 0 aromatic rings. The molecule has 1 aliphatic rings. The average molecular weight is 270 g/mol. The Morgan fingerprint density at radius 1 is 1.26 bits per heavy atom. The van der Waals surface area contributed by atoms with Crippen LogP contribution < -0.4 is 5.32 Å². The summed E-state index contributed by atoms with van der Waals surface area (Å²) >= 11 is 0. The minimum absolute atomic E-state index is 0.110. The minimum Gasteiger partial charge on any atom is -0.379 e. The fraction of sp³-hybridized carbons (Fsp3) is 0.933. The van der Waals surface area contributed by atoms with E-state index in [1.165, 1.54) is 6.42 Å². The zero-order valence-electron chi connectivity index (χ0n) is 13.2. The highest BCUT2D eigenvalue weighted by atomic mass is 16.5. The highest BCUT2D eigenvalue weighted by Crippen LogP contribution is 2.16. The Hall–Kier alpha value is -0.610. The van der Waals surface area contributed by atoms with Crippen LogP contribution in [0.3, 0.4) is 0 Å². The molecule has 1 amide bonds. The molecule has 0 aromatic carbocycles. The first kappa shape index (κ1) is 16.4. The van der Waals surface area contributed by atoms with Crippen LogP contribution in [0.5, 0.6) is 0 Å². The number of ether oxygens (including phenoxy) is 1. The second-order valence-corrected chi connectivity index (χ2v) is 6.34. The molecule has 1 N–H and O–H groups in total. The maximum Gasteiger partial charge on any atom is 0.239 e. The molecule has 0 bridgehead atoms. The summed E-state index contributed by atoms with van der Waals surface area (Å²) in [5.74, 6) is 0.238. The Bertz CT molecular complexity index is 286. The van der Waals surface area contributed by atoms with Crippen LogP contribution in [-0.2, 0) is 9.53 Å². The van der Waals surface area contributed by atoms with E-state index in [1.54, 1.807) is 7.11 Å². The lowest BCUT2D eigenvalue weighted by Gasteiger charge is -2.32. The summed E-state index contributed by atoms with van der Waals surface area (Å²) in [6.45, 7) is 10.1. The predicted octanol–water partition coefficient (Wildman–Crippen LogP) is 2.18. The van der Waals surface area contributed by atoms with Crippen molar-refractivity contribution in [3.05, 3.63) is 0 Å². The molecule has 1 fully saturated rings. The van der Waals surface area contributed by atoms with Gasteiger partial charge < -0.3 is 15.0 Å². The first-order valence-electron chi connectivity index (χ1n) is 7.46. The molecule has 0 aromatic heterocycles. The molecule has 1 saturated heterocycles. The van der Waals surface area contributed by atoms with Crippen molar-refractivity contribution in [3.8, 4) is 0 Å². The molecule has 1 heterocycles. The van der Waals surface area contributed by atoms with E-state index in [2.05, 4.69) is 26.1 Å². The van der Waals surface area contributed by atoms with E-state index < -0.39 is 0 Å². The Balaban J connectivity index is 2.40. The highest BCUT2D eigenvalue weighted by Gasteiger charge is 2.25. The van der Waals surface area contributed by atoms with Crippen molar-refractivity contribution < 1.29 is 9.53 Å². The number of nitrogens with zero attached hydrogens (tertiary/aromatic N) is 1. The van der Waals surface area contributed by atoms with Crippen LogP contribution in [-0.4, -0.2) is 48.7 Å². The van der Waals surface area contributed by atoms with Crippen LogP contribution in [0.4, 0.5) is 0 Å². The second kappa shape index (κ2) is 7.25. The monoisotopic (exact) mass is 270 g/mol. The van der Waals surface area contributed by atoms with E-state index in [1.807, 2.05) is 11.8 Å². The van der Waals surface area contributed by atoms with Gasteiger partial charge in [0.15, 0.2) is 0 Å². The first-order chi connectivity index (χ1) is 8.85. The lowest BCUT2D eigenvalue weighted by atomic mass is 9.99. The number of nitrogens with one attached hydrogen (secondary N) is 1. The van der Waals surface area contributed by atoms with Gasteiger partial charge in [0.05, 0.1) is 11.6 Å². The molecule has 19 heavy (non-hydrogen) atoms. The first-order valence-corrected chi connectivity index (χ1v) is 7.46. The molecular weight excluding hydrogens is 240 g/mol. The summed E-state index contributed by atoms with van der Waals surface area (Å²) in [5, 5.41) is 3.40. The van der Waals surface area contributed by atoms with E-state index in [9.17, 15) is 4.79 Å². The molecule has 0 saturated carbocycles. The van der Waals surface area contributed by atoms with E-state index in [0.717, 1.165) is 32.4 Å². The fourth-order valence-corrected chi connectivity index (χ4v) is 2.77. The summed E-state index contributed by atoms with van der Waals surface area (Å²) in [6, 6.07) is 0.152. The molecule has 0 spiro atoms. The quantitative estimate of drug-likeness (QED) is 0.804. The molecule has 112 valence electrons. The summed E-state index contributed by atoms with van der Waals surface area (Å²) in [5.41, 5.74) is -0.152. The van der Waals surface area contributed by atoms with E-state index >= 15 is 0 Å². The lowest BCUT2D eigenvalue weighted by molar-refractivity contribution is -0.134. The Morgan fingerprint density at radius 2 is 1.84 bits per heavy atom. The minimum atomic E-state index is -0.152. The number of methoxy groups -OCH3 is 1. The molecule has 2 unspecified atom stereocenters. The van der Waals surface area contributed by atoms with Crippen LogP contribution in [0, 0.1) is 0 Å². The molecule has 2 atom stereocenters. The van der Waals surface area contributed by atoms with Crippen LogP contribution in [0.25, 0.3) is 0 Å². The van der Waals surface area contributed by atoms with E-state index in [0.29, 0.717) is 0 Å². The van der Waals surface area contributed by atoms with Crippen molar-refractivity contribution in [1.82, 2.24) is 10.2 Å². The highest BCUT2D eigenvalue weighted by molar-refractivity contribution is 5.81. The third kappa shape index (κ3) is 5.49. The van der Waals surface area contributed by atoms with Gasteiger partial charge in [-0.1, -0.05) is 0 Å². The SMILES string of the molecule is COC(C)(C)CC(C)NC(C)C(=O)N1CCCCC1. The van der Waals surface area contributed by atoms with Gasteiger partial charge in [0, 0.05) is 26.2 Å². The maximum absolute atomic E-state index is 12.3. The number of amides is 1. The molecule has 0 radical (unpaired) electrons. The molecule has 1 aliphatic heterocycles. The van der Waals surface area contributed by atoms with Gasteiger partial charge in [-0.3, -0.25) is 4.79 Å². The zero-order valence-corrected chi connectivity index (χ0v) is 13.2. The van der Waals surface area contributed by atoms with Gasteiger partial charge in [0.1, 0.15) is 0 Å².